The summed E-state index contributed by atoms with van der Waals surface area (Å²) in [5, 5.41) is 5.79. The highest BCUT2D eigenvalue weighted by Crippen LogP contribution is 2.14. The summed E-state index contributed by atoms with van der Waals surface area (Å²) in [5.41, 5.74) is 0. The fourth-order valence-electron chi connectivity index (χ4n) is 1.85. The lowest BCUT2D eigenvalue weighted by Gasteiger charge is -2.19. The van der Waals surface area contributed by atoms with Crippen LogP contribution in [0.2, 0.25) is 0 Å². The fourth-order valence-corrected chi connectivity index (χ4v) is 2.64. The van der Waals surface area contributed by atoms with Gasteiger partial charge in [-0.25, -0.2) is 0 Å². The third-order valence-corrected chi connectivity index (χ3v) is 3.93. The molecule has 17 heavy (non-hydrogen) atoms. The van der Waals surface area contributed by atoms with Gasteiger partial charge in [0.2, 0.25) is 0 Å². The number of methoxy groups -OCH3 is 1. The van der Waals surface area contributed by atoms with Crippen molar-refractivity contribution in [1.82, 2.24) is 5.32 Å². The van der Waals surface area contributed by atoms with E-state index in [1.165, 1.54) is 17.7 Å². The molecule has 0 aliphatic heterocycles. The van der Waals surface area contributed by atoms with Crippen LogP contribution in [-0.2, 0) is 11.2 Å². The molecule has 0 amide bonds. The van der Waals surface area contributed by atoms with Gasteiger partial charge in [-0.15, -0.1) is 11.3 Å². The van der Waals surface area contributed by atoms with E-state index in [0.29, 0.717) is 12.1 Å². The van der Waals surface area contributed by atoms with Crippen molar-refractivity contribution in [3.8, 4) is 0 Å². The number of ether oxygens (including phenoxy) is 1. The molecule has 3 heteroatoms. The zero-order valence-corrected chi connectivity index (χ0v) is 12.1. The molecule has 0 spiro atoms. The highest BCUT2D eigenvalue weighted by Gasteiger charge is 2.11. The first-order valence-corrected chi connectivity index (χ1v) is 7.42. The minimum Gasteiger partial charge on any atom is -0.382 e. The van der Waals surface area contributed by atoms with Crippen molar-refractivity contribution in [2.45, 2.75) is 51.7 Å². The second kappa shape index (κ2) is 8.67. The molecule has 0 bridgehead atoms. The Morgan fingerprint density at radius 2 is 2.24 bits per heavy atom. The lowest BCUT2D eigenvalue weighted by molar-refractivity contribution is 0.106. The maximum atomic E-state index is 5.32. The van der Waals surface area contributed by atoms with Gasteiger partial charge in [0.05, 0.1) is 6.10 Å². The molecule has 1 aromatic rings. The molecule has 2 nitrogen and oxygen atoms in total. The van der Waals surface area contributed by atoms with Gasteiger partial charge in [-0.2, -0.15) is 0 Å². The van der Waals surface area contributed by atoms with Crippen LogP contribution in [0.4, 0.5) is 0 Å². The van der Waals surface area contributed by atoms with E-state index in [1.807, 2.05) is 11.3 Å². The third kappa shape index (κ3) is 6.20. The Labute approximate surface area is 109 Å². The molecule has 0 aliphatic rings. The summed E-state index contributed by atoms with van der Waals surface area (Å²) in [4.78, 5) is 1.48. The predicted octanol–water partition coefficient (Wildman–Crippen LogP) is 3.47. The second-order valence-corrected chi connectivity index (χ2v) is 5.59. The Bertz CT molecular complexity index is 274. The third-order valence-electron chi connectivity index (χ3n) is 3.03. The molecule has 1 rings (SSSR count). The van der Waals surface area contributed by atoms with E-state index in [1.54, 1.807) is 7.11 Å². The van der Waals surface area contributed by atoms with Gasteiger partial charge in [0.15, 0.2) is 0 Å². The molecule has 1 N–H and O–H groups in total. The molecule has 1 heterocycles. The molecule has 1 aromatic heterocycles. The number of hydrogen-bond acceptors (Lipinski definition) is 3. The number of nitrogens with one attached hydrogen (secondary N) is 1. The van der Waals surface area contributed by atoms with Crippen LogP contribution < -0.4 is 5.32 Å². The van der Waals surface area contributed by atoms with Crippen molar-refractivity contribution in [3.63, 3.8) is 0 Å². The summed E-state index contributed by atoms with van der Waals surface area (Å²) in [5.74, 6) is 0. The van der Waals surface area contributed by atoms with E-state index in [9.17, 15) is 0 Å². The second-order valence-electron chi connectivity index (χ2n) is 4.56. The smallest absolute Gasteiger partial charge is 0.0543 e. The summed E-state index contributed by atoms with van der Waals surface area (Å²) < 4.78 is 5.32. The molecular weight excluding hydrogens is 230 g/mol. The van der Waals surface area contributed by atoms with Crippen molar-refractivity contribution in [2.24, 2.45) is 0 Å². The molecule has 0 radical (unpaired) electrons. The largest absolute Gasteiger partial charge is 0.382 e. The van der Waals surface area contributed by atoms with Crippen LogP contribution in [0.15, 0.2) is 17.5 Å². The average Bonchev–Trinajstić information content (AvgIpc) is 2.84. The Morgan fingerprint density at radius 3 is 2.82 bits per heavy atom. The molecule has 2 atom stereocenters. The van der Waals surface area contributed by atoms with Gasteiger partial charge in [0.25, 0.3) is 0 Å². The van der Waals surface area contributed by atoms with Crippen LogP contribution in [0.1, 0.15) is 38.0 Å². The van der Waals surface area contributed by atoms with Crippen LogP contribution in [-0.4, -0.2) is 25.8 Å². The summed E-state index contributed by atoms with van der Waals surface area (Å²) in [7, 11) is 1.79. The van der Waals surface area contributed by atoms with Gasteiger partial charge in [-0.3, -0.25) is 0 Å². The summed E-state index contributed by atoms with van der Waals surface area (Å²) in [6.07, 6.45) is 5.02. The van der Waals surface area contributed by atoms with E-state index >= 15 is 0 Å². The lowest BCUT2D eigenvalue weighted by atomic mass is 10.0. The molecular formula is C14H25NOS. The van der Waals surface area contributed by atoms with E-state index in [4.69, 9.17) is 4.74 Å². The van der Waals surface area contributed by atoms with Crippen LogP contribution in [0, 0.1) is 0 Å². The quantitative estimate of drug-likeness (QED) is 0.729. The van der Waals surface area contributed by atoms with Gasteiger partial charge in [-0.1, -0.05) is 13.0 Å². The van der Waals surface area contributed by atoms with Crippen molar-refractivity contribution >= 4 is 11.3 Å². The monoisotopic (exact) mass is 255 g/mol. The van der Waals surface area contributed by atoms with Crippen molar-refractivity contribution in [2.75, 3.05) is 13.7 Å². The van der Waals surface area contributed by atoms with Crippen LogP contribution in [0.5, 0.6) is 0 Å². The predicted molar refractivity (Wildman–Crippen MR) is 75.8 cm³/mol. The number of hydrogen-bond donors (Lipinski definition) is 1. The number of rotatable bonds is 9. The highest BCUT2D eigenvalue weighted by molar-refractivity contribution is 7.09. The van der Waals surface area contributed by atoms with Crippen LogP contribution in [0.3, 0.4) is 0 Å². The average molecular weight is 255 g/mol. The van der Waals surface area contributed by atoms with Gasteiger partial charge in [0, 0.05) is 18.0 Å². The van der Waals surface area contributed by atoms with Gasteiger partial charge in [-0.05, 0) is 50.6 Å². The first-order chi connectivity index (χ1) is 8.26. The van der Waals surface area contributed by atoms with E-state index in [-0.39, 0.29) is 0 Å². The molecule has 98 valence electrons. The van der Waals surface area contributed by atoms with E-state index in [0.717, 1.165) is 19.4 Å². The molecule has 0 saturated heterocycles. The molecule has 0 aliphatic carbocycles. The lowest BCUT2D eigenvalue weighted by Crippen LogP contribution is -2.32. The Balaban J connectivity index is 2.37. The molecule has 2 unspecified atom stereocenters. The summed E-state index contributed by atoms with van der Waals surface area (Å²) in [6, 6.07) is 4.95. The minimum absolute atomic E-state index is 0.365. The zero-order chi connectivity index (χ0) is 12.5. The Kier molecular flexibility index (Phi) is 7.49. The van der Waals surface area contributed by atoms with Crippen LogP contribution in [0.25, 0.3) is 0 Å². The normalized spacial score (nSPS) is 14.8. The first-order valence-electron chi connectivity index (χ1n) is 6.54. The standard InChI is InChI=1S/C14H25NOS/c1-4-9-15-13(8-7-12(2)16-3)11-14-6-5-10-17-14/h5-6,10,12-13,15H,4,7-9,11H2,1-3H3. The fraction of sp³-hybridized carbons (Fsp3) is 0.714. The first kappa shape index (κ1) is 14.7. The van der Waals surface area contributed by atoms with E-state index < -0.39 is 0 Å². The highest BCUT2D eigenvalue weighted by atomic mass is 32.1. The van der Waals surface area contributed by atoms with E-state index in [2.05, 4.69) is 36.7 Å². The Morgan fingerprint density at radius 1 is 1.41 bits per heavy atom. The molecule has 0 fully saturated rings. The van der Waals surface area contributed by atoms with Crippen molar-refractivity contribution in [1.29, 1.82) is 0 Å². The maximum absolute atomic E-state index is 5.32. The maximum Gasteiger partial charge on any atom is 0.0543 e. The van der Waals surface area contributed by atoms with Gasteiger partial charge >= 0.3 is 0 Å². The van der Waals surface area contributed by atoms with Gasteiger partial charge in [0.1, 0.15) is 0 Å². The van der Waals surface area contributed by atoms with Crippen molar-refractivity contribution in [3.05, 3.63) is 22.4 Å². The molecule has 0 saturated carbocycles. The van der Waals surface area contributed by atoms with Crippen LogP contribution >= 0.6 is 11.3 Å². The SMILES string of the molecule is CCCNC(CCC(C)OC)Cc1cccs1. The minimum atomic E-state index is 0.365. The number of thiophene rings is 1. The van der Waals surface area contributed by atoms with Gasteiger partial charge < -0.3 is 10.1 Å². The summed E-state index contributed by atoms with van der Waals surface area (Å²) >= 11 is 1.85. The summed E-state index contributed by atoms with van der Waals surface area (Å²) in [6.45, 7) is 5.46. The van der Waals surface area contributed by atoms with Crippen molar-refractivity contribution < 1.29 is 4.74 Å². The Hall–Kier alpha value is -0.380. The molecule has 0 aromatic carbocycles. The topological polar surface area (TPSA) is 21.3 Å². The zero-order valence-electron chi connectivity index (χ0n) is 11.2.